The first-order chi connectivity index (χ1) is 19.9. The molecule has 0 spiro atoms. The van der Waals surface area contributed by atoms with Crippen molar-refractivity contribution in [3.8, 4) is 0 Å². The van der Waals surface area contributed by atoms with E-state index in [0.29, 0.717) is 11.3 Å². The number of anilines is 2. The molecule has 0 aromatic heterocycles. The smallest absolute Gasteiger partial charge is 0.257 e. The molecule has 204 valence electrons. The molecule has 1 heterocycles. The van der Waals surface area contributed by atoms with Crippen LogP contribution in [0.15, 0.2) is 91.0 Å². The fraction of sp³-hybridized carbons (Fsp3) is 0.250. The van der Waals surface area contributed by atoms with E-state index in [4.69, 9.17) is 0 Å². The number of rotatable bonds is 5. The third-order valence-electron chi connectivity index (χ3n) is 9.64. The van der Waals surface area contributed by atoms with E-state index >= 15 is 0 Å². The van der Waals surface area contributed by atoms with Crippen LogP contribution in [0.4, 0.5) is 11.4 Å². The third kappa shape index (κ3) is 3.38. The van der Waals surface area contributed by atoms with E-state index in [1.165, 1.54) is 4.90 Å². The Morgan fingerprint density at radius 2 is 1.29 bits per heavy atom. The summed E-state index contributed by atoms with van der Waals surface area (Å²) in [5, 5.41) is 3.13. The zero-order valence-corrected chi connectivity index (χ0v) is 23.5. The highest BCUT2D eigenvalue weighted by molar-refractivity contribution is 6.27. The first-order valence-corrected chi connectivity index (χ1v) is 14.5. The predicted molar refractivity (Wildman–Crippen MR) is 160 cm³/mol. The highest BCUT2D eigenvalue weighted by Crippen LogP contribution is 2.67. The number of imide groups is 1. The number of hydrogen-bond acceptors (Lipinski definition) is 3. The van der Waals surface area contributed by atoms with Crippen molar-refractivity contribution in [2.24, 2.45) is 11.3 Å². The molecule has 2 atom stereocenters. The molecule has 0 saturated carbocycles. The summed E-state index contributed by atoms with van der Waals surface area (Å²) in [5.74, 6) is -1.81. The quantitative estimate of drug-likeness (QED) is 0.282. The molecule has 4 aromatic rings. The van der Waals surface area contributed by atoms with Crippen molar-refractivity contribution in [1.82, 2.24) is 0 Å². The standard InChI is InChI=1S/C36H32N2O3/c1-4-21-13-12-14-22(5-2)32(21)37-33(39)27-19-10-11-20-28(27)38-34(40)31-29-23-15-6-8-17-25(23)30(36(31,3)35(38)41)26-18-9-7-16-24(26)29/h6-20,29-31H,4-5H2,1-3H3,(H,37,39)/t29?,30?,31-,36+/m1/s1. The Morgan fingerprint density at radius 3 is 1.88 bits per heavy atom. The molecular formula is C36H32N2O3. The van der Waals surface area contributed by atoms with Crippen LogP contribution in [0, 0.1) is 11.3 Å². The number of nitrogens with zero attached hydrogens (tertiary/aromatic N) is 1. The zero-order chi connectivity index (χ0) is 28.5. The van der Waals surface area contributed by atoms with Gasteiger partial charge in [0, 0.05) is 17.5 Å². The van der Waals surface area contributed by atoms with Gasteiger partial charge in [0.15, 0.2) is 0 Å². The average Bonchev–Trinajstić information content (AvgIpc) is 3.21. The average molecular weight is 541 g/mol. The molecular weight excluding hydrogens is 508 g/mol. The van der Waals surface area contributed by atoms with E-state index in [0.717, 1.165) is 51.9 Å². The lowest BCUT2D eigenvalue weighted by atomic mass is 9.48. The molecule has 3 aliphatic carbocycles. The number of aryl methyl sites for hydroxylation is 2. The number of benzene rings is 4. The van der Waals surface area contributed by atoms with Gasteiger partial charge in [-0.15, -0.1) is 0 Å². The Morgan fingerprint density at radius 1 is 0.756 bits per heavy atom. The van der Waals surface area contributed by atoms with Gasteiger partial charge in [-0.3, -0.25) is 14.4 Å². The molecule has 1 fully saturated rings. The van der Waals surface area contributed by atoms with Crippen LogP contribution in [0.2, 0.25) is 0 Å². The van der Waals surface area contributed by atoms with Gasteiger partial charge in [-0.1, -0.05) is 92.7 Å². The van der Waals surface area contributed by atoms with Crippen LogP contribution in [-0.2, 0) is 22.4 Å². The summed E-state index contributed by atoms with van der Waals surface area (Å²) in [5.41, 5.74) is 7.08. The van der Waals surface area contributed by atoms with Gasteiger partial charge in [-0.25, -0.2) is 4.90 Å². The van der Waals surface area contributed by atoms with E-state index in [1.807, 2.05) is 49.4 Å². The van der Waals surface area contributed by atoms with Gasteiger partial charge < -0.3 is 5.32 Å². The molecule has 5 heteroatoms. The monoisotopic (exact) mass is 540 g/mol. The number of para-hydroxylation sites is 2. The van der Waals surface area contributed by atoms with Crippen LogP contribution in [-0.4, -0.2) is 17.7 Å². The first-order valence-electron chi connectivity index (χ1n) is 14.5. The molecule has 0 radical (unpaired) electrons. The van der Waals surface area contributed by atoms with Crippen molar-refractivity contribution >= 4 is 29.1 Å². The third-order valence-corrected chi connectivity index (χ3v) is 9.64. The van der Waals surface area contributed by atoms with Crippen LogP contribution in [0.25, 0.3) is 0 Å². The fourth-order valence-corrected chi connectivity index (χ4v) is 7.79. The summed E-state index contributed by atoms with van der Waals surface area (Å²) < 4.78 is 0. The first kappa shape index (κ1) is 25.5. The number of carbonyl (C=O) groups excluding carboxylic acids is 3. The normalized spacial score (nSPS) is 23.7. The maximum absolute atomic E-state index is 14.6. The maximum Gasteiger partial charge on any atom is 0.257 e. The van der Waals surface area contributed by atoms with E-state index in [-0.39, 0.29) is 29.6 Å². The molecule has 2 bridgehead atoms. The zero-order valence-electron chi connectivity index (χ0n) is 23.5. The molecule has 4 aromatic carbocycles. The van der Waals surface area contributed by atoms with Gasteiger partial charge in [0.25, 0.3) is 5.91 Å². The second-order valence-electron chi connectivity index (χ2n) is 11.5. The van der Waals surface area contributed by atoms with Crippen LogP contribution in [0.1, 0.15) is 76.3 Å². The molecule has 1 aliphatic heterocycles. The number of carbonyl (C=O) groups is 3. The molecule has 8 rings (SSSR count). The summed E-state index contributed by atoms with van der Waals surface area (Å²) in [4.78, 5) is 44.2. The summed E-state index contributed by atoms with van der Waals surface area (Å²) in [6, 6.07) is 29.5. The Balaban J connectivity index is 1.34. The van der Waals surface area contributed by atoms with E-state index in [1.54, 1.807) is 24.3 Å². The lowest BCUT2D eigenvalue weighted by Gasteiger charge is -2.51. The van der Waals surface area contributed by atoms with Crippen molar-refractivity contribution in [2.45, 2.75) is 45.4 Å². The van der Waals surface area contributed by atoms with Gasteiger partial charge >= 0.3 is 0 Å². The van der Waals surface area contributed by atoms with Crippen LogP contribution in [0.3, 0.4) is 0 Å². The Labute approximate surface area is 240 Å². The van der Waals surface area contributed by atoms with Crippen LogP contribution in [0.5, 0.6) is 0 Å². The number of nitrogens with one attached hydrogen (secondary N) is 1. The number of amides is 3. The molecule has 3 amide bonds. The molecule has 0 unspecified atom stereocenters. The molecule has 4 aliphatic rings. The lowest BCUT2D eigenvalue weighted by molar-refractivity contribution is -0.128. The highest BCUT2D eigenvalue weighted by Gasteiger charge is 2.69. The molecule has 1 N–H and O–H groups in total. The van der Waals surface area contributed by atoms with Crippen molar-refractivity contribution in [1.29, 1.82) is 0 Å². The van der Waals surface area contributed by atoms with E-state index in [9.17, 15) is 14.4 Å². The van der Waals surface area contributed by atoms with Crippen molar-refractivity contribution in [2.75, 3.05) is 10.2 Å². The number of hydrogen-bond donors (Lipinski definition) is 1. The van der Waals surface area contributed by atoms with Crippen molar-refractivity contribution in [3.05, 3.63) is 130 Å². The van der Waals surface area contributed by atoms with Gasteiger partial charge in [-0.2, -0.15) is 0 Å². The Kier molecular flexibility index (Phi) is 5.75. The SMILES string of the molecule is CCc1cccc(CC)c1NC(=O)c1ccccc1N1C(=O)[C@H]2C3c4ccccc4C(c4ccccc43)[C@]2(C)C1=O. The van der Waals surface area contributed by atoms with Crippen molar-refractivity contribution in [3.63, 3.8) is 0 Å². The van der Waals surface area contributed by atoms with Gasteiger partial charge in [0.2, 0.25) is 11.8 Å². The Bertz CT molecular complexity index is 1690. The summed E-state index contributed by atoms with van der Waals surface area (Å²) in [6.07, 6.45) is 1.55. The van der Waals surface area contributed by atoms with Crippen LogP contribution >= 0.6 is 0 Å². The second-order valence-corrected chi connectivity index (χ2v) is 11.5. The summed E-state index contributed by atoms with van der Waals surface area (Å²) >= 11 is 0. The molecule has 41 heavy (non-hydrogen) atoms. The summed E-state index contributed by atoms with van der Waals surface area (Å²) in [6.45, 7) is 6.08. The minimum Gasteiger partial charge on any atom is -0.321 e. The van der Waals surface area contributed by atoms with E-state index in [2.05, 4.69) is 43.4 Å². The highest BCUT2D eigenvalue weighted by atomic mass is 16.2. The minimum absolute atomic E-state index is 0.219. The van der Waals surface area contributed by atoms with Gasteiger partial charge in [0.1, 0.15) is 0 Å². The maximum atomic E-state index is 14.6. The topological polar surface area (TPSA) is 66.5 Å². The lowest BCUT2D eigenvalue weighted by Crippen LogP contribution is -2.49. The minimum atomic E-state index is -0.960. The largest absolute Gasteiger partial charge is 0.321 e. The van der Waals surface area contributed by atoms with Gasteiger partial charge in [-0.05, 0) is 65.3 Å². The predicted octanol–water partition coefficient (Wildman–Crippen LogP) is 6.85. The fourth-order valence-electron chi connectivity index (χ4n) is 7.79. The Hall–Kier alpha value is -4.51. The van der Waals surface area contributed by atoms with Crippen molar-refractivity contribution < 1.29 is 14.4 Å². The molecule has 5 nitrogen and oxygen atoms in total. The van der Waals surface area contributed by atoms with Crippen LogP contribution < -0.4 is 10.2 Å². The van der Waals surface area contributed by atoms with E-state index < -0.39 is 11.3 Å². The van der Waals surface area contributed by atoms with Gasteiger partial charge in [0.05, 0.1) is 22.6 Å². The summed E-state index contributed by atoms with van der Waals surface area (Å²) in [7, 11) is 0. The second kappa shape index (κ2) is 9.27. The molecule has 1 saturated heterocycles.